The summed E-state index contributed by atoms with van der Waals surface area (Å²) in [6.07, 6.45) is 2.82. The molecule has 2 aromatic carbocycles. The smallest absolute Gasteiger partial charge is 0.336 e. The van der Waals surface area contributed by atoms with Gasteiger partial charge in [0.1, 0.15) is 11.1 Å². The predicted octanol–water partition coefficient (Wildman–Crippen LogP) is 4.28. The fraction of sp³-hybridized carbons (Fsp3) is 0.320. The number of imide groups is 1. The van der Waals surface area contributed by atoms with E-state index in [4.69, 9.17) is 4.42 Å². The number of aryl methyl sites for hydroxylation is 2. The summed E-state index contributed by atoms with van der Waals surface area (Å²) < 4.78 is 5.34. The van der Waals surface area contributed by atoms with Gasteiger partial charge in [0.25, 0.3) is 5.91 Å². The van der Waals surface area contributed by atoms with E-state index in [0.717, 1.165) is 35.8 Å². The molecular formula is C25H26N2O4. The quantitative estimate of drug-likeness (QED) is 0.479. The van der Waals surface area contributed by atoms with E-state index in [1.54, 1.807) is 6.92 Å². The topological polar surface area (TPSA) is 79.6 Å². The van der Waals surface area contributed by atoms with Gasteiger partial charge in [0, 0.05) is 11.5 Å². The van der Waals surface area contributed by atoms with Gasteiger partial charge in [-0.05, 0) is 48.1 Å². The van der Waals surface area contributed by atoms with Gasteiger partial charge in [-0.25, -0.2) is 9.59 Å². The number of nitrogens with one attached hydrogen (secondary N) is 1. The van der Waals surface area contributed by atoms with Gasteiger partial charge in [-0.3, -0.25) is 9.69 Å². The molecule has 160 valence electrons. The lowest BCUT2D eigenvalue weighted by Gasteiger charge is -2.22. The van der Waals surface area contributed by atoms with Crippen molar-refractivity contribution < 1.29 is 14.0 Å². The lowest BCUT2D eigenvalue weighted by atomic mass is 9.91. The molecule has 6 heteroatoms. The second-order valence-corrected chi connectivity index (χ2v) is 8.17. The first-order chi connectivity index (χ1) is 14.9. The summed E-state index contributed by atoms with van der Waals surface area (Å²) in [5, 5.41) is 3.55. The number of urea groups is 1. The fourth-order valence-electron chi connectivity index (χ4n) is 4.13. The molecule has 0 aliphatic carbocycles. The fourth-order valence-corrected chi connectivity index (χ4v) is 4.13. The van der Waals surface area contributed by atoms with Crippen LogP contribution >= 0.6 is 0 Å². The van der Waals surface area contributed by atoms with Crippen LogP contribution in [0, 0.1) is 0 Å². The Bertz CT molecular complexity index is 1210. The maximum atomic E-state index is 13.3. The highest BCUT2D eigenvalue weighted by atomic mass is 16.4. The number of carbonyl (C=O) groups is 2. The molecule has 1 aliphatic heterocycles. The zero-order valence-electron chi connectivity index (χ0n) is 18.0. The first-order valence-corrected chi connectivity index (χ1v) is 10.6. The van der Waals surface area contributed by atoms with Crippen LogP contribution in [0.1, 0.15) is 49.4 Å². The van der Waals surface area contributed by atoms with Gasteiger partial charge < -0.3 is 9.73 Å². The highest BCUT2D eigenvalue weighted by Gasteiger charge is 2.49. The van der Waals surface area contributed by atoms with Gasteiger partial charge in [-0.1, -0.05) is 56.7 Å². The number of hydrogen-bond acceptors (Lipinski definition) is 4. The highest BCUT2D eigenvalue weighted by Crippen LogP contribution is 2.31. The van der Waals surface area contributed by atoms with Crippen LogP contribution in [0.5, 0.6) is 0 Å². The van der Waals surface area contributed by atoms with Crippen molar-refractivity contribution >= 4 is 22.9 Å². The Morgan fingerprint density at radius 1 is 0.968 bits per heavy atom. The van der Waals surface area contributed by atoms with E-state index in [9.17, 15) is 14.4 Å². The first kappa shape index (κ1) is 20.8. The first-order valence-electron chi connectivity index (χ1n) is 10.6. The molecular weight excluding hydrogens is 392 g/mol. The third kappa shape index (κ3) is 3.74. The predicted molar refractivity (Wildman–Crippen MR) is 119 cm³/mol. The van der Waals surface area contributed by atoms with E-state index in [1.165, 1.54) is 16.5 Å². The van der Waals surface area contributed by atoms with Crippen LogP contribution in [0.4, 0.5) is 4.79 Å². The number of benzene rings is 2. The third-order valence-electron chi connectivity index (χ3n) is 5.98. The Morgan fingerprint density at radius 3 is 2.35 bits per heavy atom. The summed E-state index contributed by atoms with van der Waals surface area (Å²) in [7, 11) is 0. The number of carbonyl (C=O) groups excluding carboxylic acids is 2. The Morgan fingerprint density at radius 2 is 1.68 bits per heavy atom. The minimum atomic E-state index is -1.15. The maximum Gasteiger partial charge on any atom is 0.336 e. The van der Waals surface area contributed by atoms with Crippen LogP contribution < -0.4 is 10.9 Å². The molecule has 1 N–H and O–H groups in total. The van der Waals surface area contributed by atoms with Gasteiger partial charge in [-0.15, -0.1) is 0 Å². The molecule has 1 saturated heterocycles. The molecule has 1 fully saturated rings. The normalized spacial score (nSPS) is 18.6. The molecule has 0 bridgehead atoms. The molecule has 1 atom stereocenters. The van der Waals surface area contributed by atoms with Crippen LogP contribution in [0.25, 0.3) is 11.0 Å². The molecule has 31 heavy (non-hydrogen) atoms. The van der Waals surface area contributed by atoms with Crippen molar-refractivity contribution in [1.29, 1.82) is 0 Å². The van der Waals surface area contributed by atoms with E-state index in [-0.39, 0.29) is 12.5 Å². The molecule has 0 saturated carbocycles. The molecule has 0 radical (unpaired) electrons. The zero-order valence-corrected chi connectivity index (χ0v) is 18.0. The van der Waals surface area contributed by atoms with Crippen molar-refractivity contribution in [2.24, 2.45) is 0 Å². The Balaban J connectivity index is 1.66. The average Bonchev–Trinajstić information content (AvgIpc) is 2.97. The van der Waals surface area contributed by atoms with E-state index < -0.39 is 17.2 Å². The second-order valence-electron chi connectivity index (χ2n) is 8.17. The summed E-state index contributed by atoms with van der Waals surface area (Å²) in [5.41, 5.74) is 2.37. The van der Waals surface area contributed by atoms with Crippen molar-refractivity contribution in [1.82, 2.24) is 10.2 Å². The molecule has 0 spiro atoms. The largest absolute Gasteiger partial charge is 0.423 e. The van der Waals surface area contributed by atoms with Crippen molar-refractivity contribution in [3.05, 3.63) is 81.2 Å². The SMILES string of the molecule is CCCc1ccc(C2(C)NC(=O)N(Cc3cc(=O)oc4cc(CC)ccc34)C2=O)cc1. The van der Waals surface area contributed by atoms with E-state index in [2.05, 4.69) is 12.2 Å². The lowest BCUT2D eigenvalue weighted by molar-refractivity contribution is -0.131. The molecule has 3 aromatic rings. The van der Waals surface area contributed by atoms with Crippen LogP contribution in [0.15, 0.2) is 57.7 Å². The van der Waals surface area contributed by atoms with Crippen LogP contribution in [-0.4, -0.2) is 16.8 Å². The van der Waals surface area contributed by atoms with Gasteiger partial charge in [0.2, 0.25) is 0 Å². The van der Waals surface area contributed by atoms with E-state index >= 15 is 0 Å². The van der Waals surface area contributed by atoms with Crippen LogP contribution in [-0.2, 0) is 29.7 Å². The highest BCUT2D eigenvalue weighted by molar-refractivity contribution is 6.07. The van der Waals surface area contributed by atoms with Gasteiger partial charge in [0.05, 0.1) is 6.54 Å². The molecule has 6 nitrogen and oxygen atoms in total. The summed E-state index contributed by atoms with van der Waals surface area (Å²) in [4.78, 5) is 39.3. The minimum absolute atomic E-state index is 0.00173. The van der Waals surface area contributed by atoms with Gasteiger partial charge in [-0.2, -0.15) is 0 Å². The third-order valence-corrected chi connectivity index (χ3v) is 5.98. The number of nitrogens with zero attached hydrogens (tertiary/aromatic N) is 1. The van der Waals surface area contributed by atoms with E-state index in [0.29, 0.717) is 11.1 Å². The van der Waals surface area contributed by atoms with Crippen LogP contribution in [0.2, 0.25) is 0 Å². The molecule has 1 unspecified atom stereocenters. The van der Waals surface area contributed by atoms with E-state index in [1.807, 2.05) is 49.4 Å². The Labute approximate surface area is 180 Å². The summed E-state index contributed by atoms with van der Waals surface area (Å²) in [6.45, 7) is 5.85. The molecule has 2 heterocycles. The number of fused-ring (bicyclic) bond motifs is 1. The summed E-state index contributed by atoms with van der Waals surface area (Å²) in [6, 6.07) is 14.3. The van der Waals surface area contributed by atoms with Crippen molar-refractivity contribution in [3.8, 4) is 0 Å². The Hall–Kier alpha value is -3.41. The average molecular weight is 418 g/mol. The van der Waals surface area contributed by atoms with Gasteiger partial charge in [0.15, 0.2) is 0 Å². The Kier molecular flexibility index (Phi) is 5.39. The monoisotopic (exact) mass is 418 g/mol. The maximum absolute atomic E-state index is 13.3. The molecule has 1 aliphatic rings. The standard InChI is InChI=1S/C25H26N2O4/c1-4-6-17-7-10-19(11-8-17)25(3)23(29)27(24(30)26-25)15-18-14-22(28)31-21-13-16(5-2)9-12-20(18)21/h7-14H,4-6,15H2,1-3H3,(H,26,30). The molecule has 1 aromatic heterocycles. The number of rotatable bonds is 6. The van der Waals surface area contributed by atoms with Gasteiger partial charge >= 0.3 is 11.7 Å². The number of hydrogen-bond donors (Lipinski definition) is 1. The minimum Gasteiger partial charge on any atom is -0.423 e. The number of amides is 3. The van der Waals surface area contributed by atoms with Crippen molar-refractivity contribution in [2.75, 3.05) is 0 Å². The summed E-state index contributed by atoms with van der Waals surface area (Å²) >= 11 is 0. The zero-order chi connectivity index (χ0) is 22.2. The molecule has 3 amide bonds. The second kappa shape index (κ2) is 8.02. The lowest BCUT2D eigenvalue weighted by Crippen LogP contribution is -2.40. The van der Waals surface area contributed by atoms with Crippen LogP contribution in [0.3, 0.4) is 0 Å². The molecule has 4 rings (SSSR count). The van der Waals surface area contributed by atoms with Crippen molar-refractivity contribution in [3.63, 3.8) is 0 Å². The van der Waals surface area contributed by atoms with Crippen molar-refractivity contribution in [2.45, 2.75) is 52.1 Å². The summed E-state index contributed by atoms with van der Waals surface area (Å²) in [5.74, 6) is -0.340.